The Kier molecular flexibility index (Phi) is 7.85. The topological polar surface area (TPSA) is 300 Å². The number of fused-ring (bicyclic) bond motifs is 6. The van der Waals surface area contributed by atoms with Gasteiger partial charge in [-0.25, -0.2) is 15.0 Å². The Morgan fingerprint density at radius 2 is 0.758 bits per heavy atom. The molecule has 0 saturated carbocycles. The zero-order chi connectivity index (χ0) is 43.5. The Morgan fingerprint density at radius 3 is 1.34 bits per heavy atom. The van der Waals surface area contributed by atoms with Crippen LogP contribution in [-0.2, 0) is 0 Å². The molecule has 17 nitrogen and oxygen atoms in total. The number of aromatic hydroxyl groups is 12. The lowest BCUT2D eigenvalue weighted by molar-refractivity contribution is 0.329. The highest BCUT2D eigenvalue weighted by molar-refractivity contribution is 6.24. The molecule has 3 aromatic heterocycles. The van der Waals surface area contributed by atoms with E-state index in [1.165, 1.54) is 12.1 Å². The first-order valence-corrected chi connectivity index (χ1v) is 18.4. The minimum atomic E-state index is -1.39. The van der Waals surface area contributed by atoms with Crippen molar-refractivity contribution in [1.29, 1.82) is 0 Å². The van der Waals surface area contributed by atoms with Crippen LogP contribution in [-0.4, -0.2) is 80.8 Å². The van der Waals surface area contributed by atoms with Crippen molar-refractivity contribution in [2.24, 2.45) is 0 Å². The lowest BCUT2D eigenvalue weighted by Crippen LogP contribution is -2.00. The molecule has 0 radical (unpaired) electrons. The van der Waals surface area contributed by atoms with Gasteiger partial charge in [-0.05, 0) is 18.2 Å². The molecule has 306 valence electrons. The molecule has 0 amide bonds. The molecule has 7 aromatic carbocycles. The van der Waals surface area contributed by atoms with Crippen molar-refractivity contribution in [1.82, 2.24) is 19.5 Å². The van der Waals surface area contributed by atoms with Crippen molar-refractivity contribution in [3.63, 3.8) is 0 Å². The highest BCUT2D eigenvalue weighted by Gasteiger charge is 2.36. The first kappa shape index (κ1) is 37.0. The summed E-state index contributed by atoms with van der Waals surface area (Å²) >= 11 is 0. The predicted molar refractivity (Wildman–Crippen MR) is 223 cm³/mol. The second-order valence-corrected chi connectivity index (χ2v) is 14.2. The predicted octanol–water partition coefficient (Wildman–Crippen LogP) is 8.00. The van der Waals surface area contributed by atoms with Gasteiger partial charge in [0.2, 0.25) is 28.7 Å². The molecule has 10 aromatic rings. The molecule has 0 aliphatic rings. The maximum Gasteiger partial charge on any atom is 0.208 e. The van der Waals surface area contributed by atoms with E-state index < -0.39 is 102 Å². The smallest absolute Gasteiger partial charge is 0.208 e. The number of furan rings is 1. The fraction of sp³-hybridized carbons (Fsp3) is 0. The fourth-order valence-corrected chi connectivity index (χ4v) is 7.95. The zero-order valence-electron chi connectivity index (χ0n) is 31.3. The summed E-state index contributed by atoms with van der Waals surface area (Å²) < 4.78 is 7.40. The summed E-state index contributed by atoms with van der Waals surface area (Å²) in [6.45, 7) is 0. The molecule has 12 N–H and O–H groups in total. The zero-order valence-corrected chi connectivity index (χ0v) is 31.3. The summed E-state index contributed by atoms with van der Waals surface area (Å²) in [4.78, 5) is 14.5. The SMILES string of the molecule is Oc1c(O)c(O)c(-c2c(O)c(O)c3c(c2O)c2c(O)c(O)c(O)c(O)c2n3-c2cccc3oc4cccc(-c5nc(-c6ccccc6)nc(-c6ccccc6)n5)c4c23)c(O)c1O. The number of aromatic nitrogens is 4. The first-order valence-electron chi connectivity index (χ1n) is 18.4. The van der Waals surface area contributed by atoms with Gasteiger partial charge in [0.15, 0.2) is 52.0 Å². The minimum Gasteiger partial charge on any atom is -0.506 e. The third-order valence-electron chi connectivity index (χ3n) is 10.8. The highest BCUT2D eigenvalue weighted by atomic mass is 16.4. The summed E-state index contributed by atoms with van der Waals surface area (Å²) in [5.41, 5.74) is -0.962. The minimum absolute atomic E-state index is 0.0154. The molecule has 17 heteroatoms. The third kappa shape index (κ3) is 4.98. The van der Waals surface area contributed by atoms with E-state index in [-0.39, 0.29) is 22.5 Å². The van der Waals surface area contributed by atoms with Gasteiger partial charge in [0.1, 0.15) is 27.9 Å². The van der Waals surface area contributed by atoms with Crippen LogP contribution in [0.1, 0.15) is 0 Å². The Labute approximate surface area is 345 Å². The Hall–Kier alpha value is -9.25. The van der Waals surface area contributed by atoms with Gasteiger partial charge in [-0.3, -0.25) is 0 Å². The van der Waals surface area contributed by atoms with Crippen molar-refractivity contribution >= 4 is 43.7 Å². The van der Waals surface area contributed by atoms with Crippen molar-refractivity contribution in [3.8, 4) is 120 Å². The van der Waals surface area contributed by atoms with Gasteiger partial charge >= 0.3 is 0 Å². The number of benzene rings is 7. The van der Waals surface area contributed by atoms with E-state index in [0.717, 1.165) is 4.57 Å². The van der Waals surface area contributed by atoms with Gasteiger partial charge in [-0.15, -0.1) is 0 Å². The van der Waals surface area contributed by atoms with Crippen LogP contribution in [0.4, 0.5) is 0 Å². The number of hydrogen-bond donors (Lipinski definition) is 12. The Morgan fingerprint density at radius 1 is 0.339 bits per heavy atom. The van der Waals surface area contributed by atoms with Gasteiger partial charge in [-0.2, -0.15) is 0 Å². The third-order valence-corrected chi connectivity index (χ3v) is 10.8. The van der Waals surface area contributed by atoms with E-state index in [1.54, 1.807) is 24.3 Å². The molecule has 0 saturated heterocycles. The number of rotatable bonds is 5. The van der Waals surface area contributed by atoms with Gasteiger partial charge in [0.25, 0.3) is 0 Å². The number of nitrogens with zero attached hydrogens (tertiary/aromatic N) is 4. The van der Waals surface area contributed by atoms with Crippen LogP contribution in [0.2, 0.25) is 0 Å². The Balaban J connectivity index is 1.35. The molecule has 0 fully saturated rings. The van der Waals surface area contributed by atoms with Crippen LogP contribution < -0.4 is 0 Å². The maximum atomic E-state index is 12.0. The molecule has 10 rings (SSSR count). The lowest BCUT2D eigenvalue weighted by Gasteiger charge is -2.17. The second-order valence-electron chi connectivity index (χ2n) is 14.2. The van der Waals surface area contributed by atoms with Gasteiger partial charge in [0.05, 0.1) is 33.0 Å². The summed E-state index contributed by atoms with van der Waals surface area (Å²) in [7, 11) is 0. The summed E-state index contributed by atoms with van der Waals surface area (Å²) in [5, 5.41) is 132. The summed E-state index contributed by atoms with van der Waals surface area (Å²) in [6.07, 6.45) is 0. The van der Waals surface area contributed by atoms with E-state index in [4.69, 9.17) is 19.4 Å². The van der Waals surface area contributed by atoms with Crippen LogP contribution in [0.5, 0.6) is 69.0 Å². The van der Waals surface area contributed by atoms with Crippen molar-refractivity contribution in [2.75, 3.05) is 0 Å². The first-order chi connectivity index (χ1) is 29.8. The fourth-order valence-electron chi connectivity index (χ4n) is 7.95. The van der Waals surface area contributed by atoms with Gasteiger partial charge in [-0.1, -0.05) is 78.9 Å². The lowest BCUT2D eigenvalue weighted by atomic mass is 9.96. The van der Waals surface area contributed by atoms with Crippen LogP contribution in [0.15, 0.2) is 101 Å². The number of phenols is 12. The largest absolute Gasteiger partial charge is 0.506 e. The molecule has 0 aliphatic heterocycles. The summed E-state index contributed by atoms with van der Waals surface area (Å²) in [6, 6.07) is 28.2. The normalized spacial score (nSPS) is 11.7. The molecular formula is C45H28N4O13. The van der Waals surface area contributed by atoms with Crippen LogP contribution >= 0.6 is 0 Å². The Bertz CT molecular complexity index is 3460. The molecule has 0 unspecified atom stereocenters. The van der Waals surface area contributed by atoms with Crippen LogP contribution in [0.3, 0.4) is 0 Å². The molecule has 0 atom stereocenters. The molecule has 0 spiro atoms. The van der Waals surface area contributed by atoms with E-state index in [0.29, 0.717) is 39.3 Å². The van der Waals surface area contributed by atoms with Gasteiger partial charge in [0, 0.05) is 22.1 Å². The average Bonchev–Trinajstić information content (AvgIpc) is 3.87. The molecule has 62 heavy (non-hydrogen) atoms. The standard InChI is InChI=1S/C45H28N4O13/c50-31-25-26-30(37(56)41(60)38(57)32(26)51)49(29(25)36(55)33(52)27(31)28-34(53)39(58)42(61)40(59)35(28)54)20-14-8-16-22-24(20)23-19(13-7-15-21(23)62-22)45-47-43(17-9-3-1-4-10-17)46-44(48-45)18-11-5-2-6-12-18/h1-16,50-61H. The van der Waals surface area contributed by atoms with Crippen molar-refractivity contribution in [2.45, 2.75) is 0 Å². The second kappa shape index (κ2) is 13.1. The maximum absolute atomic E-state index is 12.0. The van der Waals surface area contributed by atoms with E-state index >= 15 is 0 Å². The quantitative estimate of drug-likeness (QED) is 0.0577. The van der Waals surface area contributed by atoms with Crippen LogP contribution in [0, 0.1) is 0 Å². The van der Waals surface area contributed by atoms with Gasteiger partial charge < -0.3 is 70.3 Å². The summed E-state index contributed by atoms with van der Waals surface area (Å²) in [5.74, 6) is -14.3. The van der Waals surface area contributed by atoms with E-state index in [1.807, 2.05) is 60.7 Å². The molecule has 3 heterocycles. The number of phenolic OH excluding ortho intramolecular Hbond substituents is 12. The molecule has 0 bridgehead atoms. The van der Waals surface area contributed by atoms with E-state index in [9.17, 15) is 61.3 Å². The molecule has 0 aliphatic carbocycles. The monoisotopic (exact) mass is 832 g/mol. The van der Waals surface area contributed by atoms with E-state index in [2.05, 4.69) is 0 Å². The molecular weight excluding hydrogens is 805 g/mol. The number of hydrogen-bond acceptors (Lipinski definition) is 16. The van der Waals surface area contributed by atoms with Crippen molar-refractivity contribution < 1.29 is 65.7 Å². The van der Waals surface area contributed by atoms with Crippen molar-refractivity contribution in [3.05, 3.63) is 97.1 Å². The van der Waals surface area contributed by atoms with Crippen LogP contribution in [0.25, 0.3) is 94.7 Å². The highest BCUT2D eigenvalue weighted by Crippen LogP contribution is 2.63. The average molecular weight is 833 g/mol.